The second-order valence-electron chi connectivity index (χ2n) is 4.78. The van der Waals surface area contributed by atoms with Crippen molar-refractivity contribution in [2.75, 3.05) is 23.7 Å². The molecule has 0 aliphatic carbocycles. The van der Waals surface area contributed by atoms with Crippen LogP contribution in [-0.4, -0.2) is 40.1 Å². The molecule has 1 aliphatic heterocycles. The zero-order valence-electron chi connectivity index (χ0n) is 11.0. The van der Waals surface area contributed by atoms with Crippen molar-refractivity contribution in [3.05, 3.63) is 0 Å². The van der Waals surface area contributed by atoms with Crippen LogP contribution in [0.15, 0.2) is 0 Å². The monoisotopic (exact) mass is 266 g/mol. The quantitative estimate of drug-likeness (QED) is 0.757. The predicted octanol–water partition coefficient (Wildman–Crippen LogP) is -0.447. The molecule has 1 aliphatic rings. The lowest BCUT2D eigenvalue weighted by atomic mass is 10.1. The number of carbonyl (C=O) groups is 1. The summed E-state index contributed by atoms with van der Waals surface area (Å²) in [5.74, 6) is 0.0470. The molecule has 2 rings (SSSR count). The van der Waals surface area contributed by atoms with E-state index in [4.69, 9.17) is 16.2 Å². The molecule has 1 aromatic rings. The summed E-state index contributed by atoms with van der Waals surface area (Å²) in [6.07, 6.45) is 0.646. The van der Waals surface area contributed by atoms with E-state index in [2.05, 4.69) is 15.0 Å². The van der Waals surface area contributed by atoms with E-state index < -0.39 is 0 Å². The smallest absolute Gasteiger partial charge is 0.323 e. The van der Waals surface area contributed by atoms with Gasteiger partial charge in [0, 0.05) is 13.1 Å². The van der Waals surface area contributed by atoms with Gasteiger partial charge in [-0.2, -0.15) is 15.0 Å². The molecule has 0 saturated carbocycles. The van der Waals surface area contributed by atoms with Crippen LogP contribution in [0, 0.1) is 5.92 Å². The average molecular weight is 266 g/mol. The molecule has 0 spiro atoms. The Bertz CT molecular complexity index is 478. The molecular formula is C11H18N6O2. The summed E-state index contributed by atoms with van der Waals surface area (Å²) < 4.78 is 5.41. The number of hydrogen-bond acceptors (Lipinski definition) is 7. The fraction of sp³-hybridized carbons (Fsp3) is 0.636. The maximum atomic E-state index is 11.2. The third-order valence-electron chi connectivity index (χ3n) is 2.83. The van der Waals surface area contributed by atoms with Crippen LogP contribution in [0.1, 0.15) is 20.3 Å². The van der Waals surface area contributed by atoms with E-state index in [1.807, 2.05) is 18.7 Å². The third kappa shape index (κ3) is 3.21. The van der Waals surface area contributed by atoms with Crippen molar-refractivity contribution in [1.82, 2.24) is 15.0 Å². The van der Waals surface area contributed by atoms with Gasteiger partial charge < -0.3 is 21.1 Å². The Hall–Kier alpha value is -2.12. The summed E-state index contributed by atoms with van der Waals surface area (Å²) in [6.45, 7) is 4.91. The molecule has 4 N–H and O–H groups in total. The lowest BCUT2D eigenvalue weighted by Gasteiger charge is -2.17. The molecular weight excluding hydrogens is 248 g/mol. The summed E-state index contributed by atoms with van der Waals surface area (Å²) in [7, 11) is 0. The van der Waals surface area contributed by atoms with Gasteiger partial charge in [-0.15, -0.1) is 0 Å². The number of carbonyl (C=O) groups excluding carboxylic acids is 1. The number of nitrogens with zero attached hydrogens (tertiary/aromatic N) is 4. The highest BCUT2D eigenvalue weighted by Gasteiger charge is 2.28. The van der Waals surface area contributed by atoms with Gasteiger partial charge in [-0.05, 0) is 20.3 Å². The van der Waals surface area contributed by atoms with Crippen molar-refractivity contribution in [3.8, 4) is 6.01 Å². The summed E-state index contributed by atoms with van der Waals surface area (Å²) in [4.78, 5) is 25.2. The van der Waals surface area contributed by atoms with E-state index in [0.29, 0.717) is 25.5 Å². The number of rotatable bonds is 4. The highest BCUT2D eigenvalue weighted by atomic mass is 16.5. The van der Waals surface area contributed by atoms with Crippen LogP contribution in [-0.2, 0) is 4.79 Å². The molecule has 1 atom stereocenters. The normalized spacial score (nSPS) is 18.9. The number of anilines is 2. The first-order valence-corrected chi connectivity index (χ1v) is 6.18. The molecule has 1 amide bonds. The van der Waals surface area contributed by atoms with Crippen LogP contribution in [0.25, 0.3) is 0 Å². The standard InChI is InChI=1S/C11H18N6O2/c1-6(2)19-11-15-9(13)14-10(16-11)17-4-3-7(5-17)8(12)18/h6-7H,3-5H2,1-2H3,(H2,12,18)(H2,13,14,15,16). The minimum absolute atomic E-state index is 0.0494. The van der Waals surface area contributed by atoms with E-state index in [1.54, 1.807) is 0 Å². The summed E-state index contributed by atoms with van der Waals surface area (Å²) in [6, 6.07) is 0.194. The van der Waals surface area contributed by atoms with Crippen LogP contribution in [0.4, 0.5) is 11.9 Å². The molecule has 1 aromatic heterocycles. The highest BCUT2D eigenvalue weighted by molar-refractivity contribution is 5.78. The van der Waals surface area contributed by atoms with Gasteiger partial charge in [0.1, 0.15) is 0 Å². The van der Waals surface area contributed by atoms with Gasteiger partial charge in [0.05, 0.1) is 12.0 Å². The molecule has 8 heteroatoms. The fourth-order valence-electron chi connectivity index (χ4n) is 1.94. The topological polar surface area (TPSA) is 120 Å². The first-order valence-electron chi connectivity index (χ1n) is 6.18. The SMILES string of the molecule is CC(C)Oc1nc(N)nc(N2CCC(C(N)=O)C2)n1. The summed E-state index contributed by atoms with van der Waals surface area (Å²) in [5, 5.41) is 0. The van der Waals surface area contributed by atoms with Crippen LogP contribution >= 0.6 is 0 Å². The molecule has 2 heterocycles. The van der Waals surface area contributed by atoms with Gasteiger partial charge >= 0.3 is 6.01 Å². The number of hydrogen-bond donors (Lipinski definition) is 2. The van der Waals surface area contributed by atoms with E-state index in [-0.39, 0.29) is 29.9 Å². The Morgan fingerprint density at radius 2 is 2.16 bits per heavy atom. The minimum atomic E-state index is -0.303. The van der Waals surface area contributed by atoms with E-state index in [9.17, 15) is 4.79 Å². The Kier molecular flexibility index (Phi) is 3.68. The zero-order chi connectivity index (χ0) is 14.0. The second kappa shape index (κ2) is 5.25. The van der Waals surface area contributed by atoms with E-state index in [0.717, 1.165) is 0 Å². The Labute approximate surface area is 111 Å². The van der Waals surface area contributed by atoms with Gasteiger partial charge in [0.2, 0.25) is 17.8 Å². The number of amides is 1. The molecule has 19 heavy (non-hydrogen) atoms. The summed E-state index contributed by atoms with van der Waals surface area (Å²) in [5.41, 5.74) is 10.9. The maximum Gasteiger partial charge on any atom is 0.323 e. The van der Waals surface area contributed by atoms with Crippen molar-refractivity contribution in [1.29, 1.82) is 0 Å². The van der Waals surface area contributed by atoms with Crippen molar-refractivity contribution in [2.24, 2.45) is 11.7 Å². The molecule has 8 nitrogen and oxygen atoms in total. The second-order valence-corrected chi connectivity index (χ2v) is 4.78. The molecule has 0 bridgehead atoms. The number of ether oxygens (including phenoxy) is 1. The van der Waals surface area contributed by atoms with Crippen molar-refractivity contribution >= 4 is 17.8 Å². The lowest BCUT2D eigenvalue weighted by Crippen LogP contribution is -2.28. The summed E-state index contributed by atoms with van der Waals surface area (Å²) >= 11 is 0. The number of primary amides is 1. The lowest BCUT2D eigenvalue weighted by molar-refractivity contribution is -0.121. The Morgan fingerprint density at radius 3 is 2.74 bits per heavy atom. The number of nitrogen functional groups attached to an aromatic ring is 1. The molecule has 1 unspecified atom stereocenters. The molecule has 104 valence electrons. The van der Waals surface area contributed by atoms with Crippen LogP contribution in [0.5, 0.6) is 6.01 Å². The molecule has 0 aromatic carbocycles. The number of aromatic nitrogens is 3. The Morgan fingerprint density at radius 1 is 1.42 bits per heavy atom. The zero-order valence-corrected chi connectivity index (χ0v) is 11.0. The first kappa shape index (κ1) is 13.3. The average Bonchev–Trinajstić information content (AvgIpc) is 2.76. The Balaban J connectivity index is 2.16. The van der Waals surface area contributed by atoms with E-state index in [1.165, 1.54) is 0 Å². The predicted molar refractivity (Wildman–Crippen MR) is 69.5 cm³/mol. The largest absolute Gasteiger partial charge is 0.461 e. The number of nitrogens with two attached hydrogens (primary N) is 2. The van der Waals surface area contributed by atoms with Gasteiger partial charge in [0.15, 0.2) is 0 Å². The maximum absolute atomic E-state index is 11.2. The van der Waals surface area contributed by atoms with Crippen LogP contribution in [0.2, 0.25) is 0 Å². The van der Waals surface area contributed by atoms with Crippen molar-refractivity contribution in [2.45, 2.75) is 26.4 Å². The van der Waals surface area contributed by atoms with Crippen molar-refractivity contribution in [3.63, 3.8) is 0 Å². The highest BCUT2D eigenvalue weighted by Crippen LogP contribution is 2.22. The molecule has 1 fully saturated rings. The van der Waals surface area contributed by atoms with E-state index >= 15 is 0 Å². The third-order valence-corrected chi connectivity index (χ3v) is 2.83. The molecule has 1 saturated heterocycles. The fourth-order valence-corrected chi connectivity index (χ4v) is 1.94. The minimum Gasteiger partial charge on any atom is -0.461 e. The van der Waals surface area contributed by atoms with Gasteiger partial charge in [-0.1, -0.05) is 0 Å². The van der Waals surface area contributed by atoms with Gasteiger partial charge in [-0.3, -0.25) is 4.79 Å². The van der Waals surface area contributed by atoms with Crippen molar-refractivity contribution < 1.29 is 9.53 Å². The van der Waals surface area contributed by atoms with Crippen LogP contribution < -0.4 is 21.1 Å². The first-order chi connectivity index (χ1) is 8.95. The van der Waals surface area contributed by atoms with Crippen LogP contribution in [0.3, 0.4) is 0 Å². The van der Waals surface area contributed by atoms with Gasteiger partial charge in [0.25, 0.3) is 0 Å². The van der Waals surface area contributed by atoms with Gasteiger partial charge in [-0.25, -0.2) is 0 Å². The molecule has 0 radical (unpaired) electrons.